The zero-order chi connectivity index (χ0) is 13.8. The molecule has 0 aliphatic carbocycles. The number of aryl methyl sites for hydroxylation is 1. The molecule has 0 unspecified atom stereocenters. The molecule has 0 aromatic carbocycles. The molecule has 1 rings (SSSR count). The summed E-state index contributed by atoms with van der Waals surface area (Å²) in [5.74, 6) is -0.864. The number of nitrogens with one attached hydrogen (secondary N) is 1. The highest BCUT2D eigenvalue weighted by Gasteiger charge is 2.29. The van der Waals surface area contributed by atoms with Crippen molar-refractivity contribution in [1.29, 1.82) is 0 Å². The molecule has 6 nitrogen and oxygen atoms in total. The van der Waals surface area contributed by atoms with E-state index in [0.717, 1.165) is 5.69 Å². The highest BCUT2D eigenvalue weighted by atomic mass is 16.5. The van der Waals surface area contributed by atoms with Crippen molar-refractivity contribution in [1.82, 2.24) is 15.1 Å². The first kappa shape index (κ1) is 14.0. The van der Waals surface area contributed by atoms with Crippen molar-refractivity contribution in [3.63, 3.8) is 0 Å². The summed E-state index contributed by atoms with van der Waals surface area (Å²) in [6.45, 7) is 3.16. The predicted octanol–water partition coefficient (Wildman–Crippen LogP) is 0.501. The van der Waals surface area contributed by atoms with Crippen molar-refractivity contribution < 1.29 is 14.3 Å². The van der Waals surface area contributed by atoms with Gasteiger partial charge in [0.05, 0.1) is 12.8 Å². The molecule has 0 fully saturated rings. The van der Waals surface area contributed by atoms with E-state index in [1.165, 1.54) is 13.2 Å². The summed E-state index contributed by atoms with van der Waals surface area (Å²) in [5.41, 5.74) is -0.260. The maximum Gasteiger partial charge on any atom is 0.330 e. The van der Waals surface area contributed by atoms with Gasteiger partial charge in [-0.2, -0.15) is 5.10 Å². The second kappa shape index (κ2) is 5.48. The summed E-state index contributed by atoms with van der Waals surface area (Å²) < 4.78 is 6.23. The van der Waals surface area contributed by atoms with E-state index < -0.39 is 11.5 Å². The number of ether oxygens (including phenoxy) is 1. The Morgan fingerprint density at radius 3 is 2.67 bits per heavy atom. The number of carbonyl (C=O) groups is 2. The van der Waals surface area contributed by atoms with Crippen molar-refractivity contribution in [2.24, 2.45) is 7.05 Å². The van der Waals surface area contributed by atoms with Crippen LogP contribution in [0.1, 0.15) is 19.5 Å². The highest BCUT2D eigenvalue weighted by molar-refractivity contribution is 5.95. The fourth-order valence-corrected chi connectivity index (χ4v) is 1.36. The molecule has 0 aliphatic rings. The Morgan fingerprint density at radius 1 is 1.50 bits per heavy atom. The number of amides is 1. The molecule has 0 saturated carbocycles. The highest BCUT2D eigenvalue weighted by Crippen LogP contribution is 2.05. The number of carbonyl (C=O) groups excluding carboxylic acids is 2. The van der Waals surface area contributed by atoms with Gasteiger partial charge in [0.1, 0.15) is 5.54 Å². The third-order valence-electron chi connectivity index (χ3n) is 2.40. The van der Waals surface area contributed by atoms with Gasteiger partial charge in [0.2, 0.25) is 5.91 Å². The molecular weight excluding hydrogens is 234 g/mol. The number of nitrogens with zero attached hydrogens (tertiary/aromatic N) is 2. The van der Waals surface area contributed by atoms with Crippen LogP contribution in [-0.4, -0.2) is 34.3 Å². The van der Waals surface area contributed by atoms with E-state index >= 15 is 0 Å². The fourth-order valence-electron chi connectivity index (χ4n) is 1.36. The summed E-state index contributed by atoms with van der Waals surface area (Å²) in [4.78, 5) is 23.0. The Kier molecular flexibility index (Phi) is 4.25. The van der Waals surface area contributed by atoms with Crippen LogP contribution in [-0.2, 0) is 21.4 Å². The lowest BCUT2D eigenvalue weighted by molar-refractivity contribution is -0.148. The average Bonchev–Trinajstić information content (AvgIpc) is 2.70. The van der Waals surface area contributed by atoms with Crippen molar-refractivity contribution in [2.75, 3.05) is 7.11 Å². The van der Waals surface area contributed by atoms with Gasteiger partial charge in [-0.15, -0.1) is 0 Å². The summed E-state index contributed by atoms with van der Waals surface area (Å²) in [6.07, 6.45) is 4.60. The van der Waals surface area contributed by atoms with Gasteiger partial charge in [0.15, 0.2) is 0 Å². The van der Waals surface area contributed by atoms with Gasteiger partial charge >= 0.3 is 5.97 Å². The number of aromatic nitrogens is 2. The molecule has 1 amide bonds. The van der Waals surface area contributed by atoms with Crippen LogP contribution in [0.25, 0.3) is 6.08 Å². The lowest BCUT2D eigenvalue weighted by Gasteiger charge is -2.21. The molecule has 1 aromatic heterocycles. The molecule has 1 N–H and O–H groups in total. The smallest absolute Gasteiger partial charge is 0.330 e. The Bertz CT molecular complexity index is 475. The largest absolute Gasteiger partial charge is 0.467 e. The predicted molar refractivity (Wildman–Crippen MR) is 66.5 cm³/mol. The van der Waals surface area contributed by atoms with E-state index in [1.54, 1.807) is 43.9 Å². The molecule has 1 aromatic rings. The standard InChI is InChI=1S/C12H17N3O3/c1-12(2,11(17)18-4)14-10(16)6-5-9-7-8-13-15(9)3/h5-8H,1-4H3,(H,14,16)/b6-5+. The van der Waals surface area contributed by atoms with E-state index in [2.05, 4.69) is 15.2 Å². The van der Waals surface area contributed by atoms with Gasteiger partial charge in [0, 0.05) is 19.3 Å². The maximum atomic E-state index is 11.7. The quantitative estimate of drug-likeness (QED) is 0.624. The molecular formula is C12H17N3O3. The molecule has 0 radical (unpaired) electrons. The van der Waals surface area contributed by atoms with E-state index in [9.17, 15) is 9.59 Å². The second-order valence-electron chi connectivity index (χ2n) is 4.32. The van der Waals surface area contributed by atoms with Gasteiger partial charge in [0.25, 0.3) is 0 Å². The Hall–Kier alpha value is -2.11. The van der Waals surface area contributed by atoms with Crippen LogP contribution in [0.2, 0.25) is 0 Å². The van der Waals surface area contributed by atoms with Gasteiger partial charge in [-0.3, -0.25) is 9.48 Å². The first-order valence-corrected chi connectivity index (χ1v) is 5.43. The van der Waals surface area contributed by atoms with Crippen molar-refractivity contribution in [3.05, 3.63) is 24.0 Å². The summed E-state index contributed by atoms with van der Waals surface area (Å²) in [7, 11) is 3.05. The number of hydrogen-bond donors (Lipinski definition) is 1. The third-order valence-corrected chi connectivity index (χ3v) is 2.40. The molecule has 6 heteroatoms. The van der Waals surface area contributed by atoms with Crippen LogP contribution >= 0.6 is 0 Å². The number of rotatable bonds is 4. The number of methoxy groups -OCH3 is 1. The zero-order valence-corrected chi connectivity index (χ0v) is 10.9. The van der Waals surface area contributed by atoms with E-state index in [4.69, 9.17) is 0 Å². The Labute approximate surface area is 106 Å². The van der Waals surface area contributed by atoms with E-state index in [-0.39, 0.29) is 5.91 Å². The monoisotopic (exact) mass is 251 g/mol. The zero-order valence-electron chi connectivity index (χ0n) is 10.9. The topological polar surface area (TPSA) is 73.2 Å². The molecule has 0 spiro atoms. The Morgan fingerprint density at radius 2 is 2.17 bits per heavy atom. The first-order chi connectivity index (χ1) is 8.36. The van der Waals surface area contributed by atoms with Crippen LogP contribution in [0.3, 0.4) is 0 Å². The SMILES string of the molecule is COC(=O)C(C)(C)NC(=O)/C=C/c1ccnn1C. The molecule has 1 heterocycles. The fraction of sp³-hybridized carbons (Fsp3) is 0.417. The molecule has 18 heavy (non-hydrogen) atoms. The lowest BCUT2D eigenvalue weighted by Crippen LogP contribution is -2.49. The summed E-state index contributed by atoms with van der Waals surface area (Å²) >= 11 is 0. The van der Waals surface area contributed by atoms with Crippen LogP contribution < -0.4 is 5.32 Å². The number of hydrogen-bond acceptors (Lipinski definition) is 4. The lowest BCUT2D eigenvalue weighted by atomic mass is 10.1. The van der Waals surface area contributed by atoms with Crippen LogP contribution in [0.5, 0.6) is 0 Å². The average molecular weight is 251 g/mol. The molecule has 0 bridgehead atoms. The maximum absolute atomic E-state index is 11.7. The van der Waals surface area contributed by atoms with E-state index in [0.29, 0.717) is 0 Å². The Balaban J connectivity index is 2.65. The van der Waals surface area contributed by atoms with Crippen molar-refractivity contribution in [2.45, 2.75) is 19.4 Å². The minimum Gasteiger partial charge on any atom is -0.467 e. The molecule has 0 saturated heterocycles. The van der Waals surface area contributed by atoms with Crippen LogP contribution in [0.4, 0.5) is 0 Å². The van der Waals surface area contributed by atoms with Gasteiger partial charge in [-0.05, 0) is 26.0 Å². The number of esters is 1. The minimum atomic E-state index is -1.05. The van der Waals surface area contributed by atoms with Crippen molar-refractivity contribution in [3.8, 4) is 0 Å². The van der Waals surface area contributed by atoms with Gasteiger partial charge < -0.3 is 10.1 Å². The molecule has 0 aliphatic heterocycles. The molecule has 98 valence electrons. The van der Waals surface area contributed by atoms with Gasteiger partial charge in [-0.1, -0.05) is 0 Å². The third kappa shape index (κ3) is 3.44. The first-order valence-electron chi connectivity index (χ1n) is 5.43. The summed E-state index contributed by atoms with van der Waals surface area (Å²) in [5, 5.41) is 6.53. The van der Waals surface area contributed by atoms with Crippen molar-refractivity contribution >= 4 is 18.0 Å². The normalized spacial score (nSPS) is 11.6. The second-order valence-corrected chi connectivity index (χ2v) is 4.32. The summed E-state index contributed by atoms with van der Waals surface area (Å²) in [6, 6.07) is 1.77. The minimum absolute atomic E-state index is 0.369. The van der Waals surface area contributed by atoms with Crippen LogP contribution in [0.15, 0.2) is 18.3 Å². The van der Waals surface area contributed by atoms with Gasteiger partial charge in [-0.25, -0.2) is 4.79 Å². The van der Waals surface area contributed by atoms with E-state index in [1.807, 2.05) is 0 Å². The molecule has 0 atom stereocenters. The van der Waals surface area contributed by atoms with Crippen LogP contribution in [0, 0.1) is 0 Å².